The summed E-state index contributed by atoms with van der Waals surface area (Å²) >= 11 is 0. The Hall–Kier alpha value is -2.87. The number of aromatic nitrogens is 1. The van der Waals surface area contributed by atoms with Crippen molar-refractivity contribution in [3.05, 3.63) is 65.4 Å². The van der Waals surface area contributed by atoms with Gasteiger partial charge in [0.1, 0.15) is 6.10 Å². The summed E-state index contributed by atoms with van der Waals surface area (Å²) in [5.74, 6) is -1.57. The van der Waals surface area contributed by atoms with Crippen LogP contribution in [0.5, 0.6) is 0 Å². The Kier molecular flexibility index (Phi) is 5.29. The molecule has 8 atom stereocenters. The first-order valence-electron chi connectivity index (χ1n) is 14.4. The van der Waals surface area contributed by atoms with Crippen molar-refractivity contribution >= 4 is 22.7 Å². The molecular weight excluding hydrogens is 506 g/mol. The van der Waals surface area contributed by atoms with Crippen LogP contribution in [0.3, 0.4) is 0 Å². The first-order valence-corrected chi connectivity index (χ1v) is 14.4. The molecule has 1 spiro atoms. The number of allylic oxidation sites excluding steroid dienone is 1. The molecule has 7 heteroatoms. The van der Waals surface area contributed by atoms with Gasteiger partial charge in [-0.05, 0) is 73.6 Å². The van der Waals surface area contributed by atoms with E-state index in [0.717, 1.165) is 12.0 Å². The Morgan fingerprint density at radius 3 is 2.67 bits per heavy atom. The fourth-order valence-electron chi connectivity index (χ4n) is 8.74. The average Bonchev–Trinajstić information content (AvgIpc) is 3.40. The molecule has 210 valence electrons. The van der Waals surface area contributed by atoms with E-state index in [4.69, 9.17) is 14.2 Å². The zero-order valence-electron chi connectivity index (χ0n) is 23.9. The van der Waals surface area contributed by atoms with Gasteiger partial charge in [-0.3, -0.25) is 9.78 Å². The van der Waals surface area contributed by atoms with Crippen molar-refractivity contribution in [1.82, 2.24) is 4.98 Å². The van der Waals surface area contributed by atoms with Crippen LogP contribution in [0.4, 0.5) is 0 Å². The molecule has 1 aromatic heterocycles. The molecule has 0 radical (unpaired) electrons. The van der Waals surface area contributed by atoms with Gasteiger partial charge in [-0.2, -0.15) is 0 Å². The monoisotopic (exact) mass is 543 g/mol. The number of hydrogen-bond donors (Lipinski definition) is 1. The quantitative estimate of drug-likeness (QED) is 0.420. The lowest BCUT2D eigenvalue weighted by Crippen LogP contribution is -2.68. The molecule has 3 fully saturated rings. The Labute approximate surface area is 234 Å². The minimum atomic E-state index is -1.84. The van der Waals surface area contributed by atoms with Crippen LogP contribution in [0.2, 0.25) is 0 Å². The van der Waals surface area contributed by atoms with Gasteiger partial charge in [0.15, 0.2) is 23.3 Å². The normalized spacial score (nSPS) is 40.5. The van der Waals surface area contributed by atoms with Gasteiger partial charge in [-0.25, -0.2) is 4.79 Å². The molecule has 1 saturated heterocycles. The number of ketones is 1. The van der Waals surface area contributed by atoms with Crippen LogP contribution < -0.4 is 0 Å². The van der Waals surface area contributed by atoms with Crippen LogP contribution in [0, 0.1) is 34.5 Å². The smallest absolute Gasteiger partial charge is 0.339 e. The van der Waals surface area contributed by atoms with Gasteiger partial charge >= 0.3 is 5.97 Å². The van der Waals surface area contributed by atoms with Gasteiger partial charge in [0.05, 0.1) is 23.1 Å². The molecule has 7 rings (SSSR count). The fraction of sp³-hybridized carbons (Fsp3) is 0.545. The zero-order valence-corrected chi connectivity index (χ0v) is 23.9. The number of nitrogens with zero attached hydrogens (tertiary/aromatic N) is 1. The molecule has 0 amide bonds. The molecule has 2 heterocycles. The SMILES string of the molecule is CC1=C[C@]23C(=O)[C@@H](C=C4COC(C)(C)O[C@H]4[C@]2(O)[C@H]1OC(=O)c1ccnc2ccccc12)C1[C@@H](C[C@H]3C)C1(C)C. The van der Waals surface area contributed by atoms with Crippen molar-refractivity contribution in [2.75, 3.05) is 6.61 Å². The van der Waals surface area contributed by atoms with Gasteiger partial charge in [-0.1, -0.05) is 51.1 Å². The molecule has 1 unspecified atom stereocenters. The van der Waals surface area contributed by atoms with Crippen molar-refractivity contribution in [1.29, 1.82) is 0 Å². The summed E-state index contributed by atoms with van der Waals surface area (Å²) < 4.78 is 18.8. The molecule has 5 aliphatic rings. The second-order valence-electron chi connectivity index (χ2n) is 13.7. The highest BCUT2D eigenvalue weighted by molar-refractivity contribution is 6.03. The number of hydrogen-bond acceptors (Lipinski definition) is 7. The van der Waals surface area contributed by atoms with E-state index >= 15 is 0 Å². The van der Waals surface area contributed by atoms with Crippen molar-refractivity contribution in [3.63, 3.8) is 0 Å². The number of aliphatic hydroxyl groups is 1. The lowest BCUT2D eigenvalue weighted by molar-refractivity contribution is -0.302. The van der Waals surface area contributed by atoms with Crippen LogP contribution in [0.15, 0.2) is 59.8 Å². The van der Waals surface area contributed by atoms with Crippen molar-refractivity contribution in [2.24, 2.45) is 34.5 Å². The van der Waals surface area contributed by atoms with Crippen molar-refractivity contribution in [2.45, 2.75) is 71.6 Å². The summed E-state index contributed by atoms with van der Waals surface area (Å²) in [7, 11) is 0. The third kappa shape index (κ3) is 3.20. The largest absolute Gasteiger partial charge is 0.451 e. The zero-order chi connectivity index (χ0) is 28.4. The van der Waals surface area contributed by atoms with E-state index in [1.807, 2.05) is 57.2 Å². The summed E-state index contributed by atoms with van der Waals surface area (Å²) in [5, 5.41) is 13.8. The van der Waals surface area contributed by atoms with E-state index in [9.17, 15) is 14.7 Å². The number of rotatable bonds is 2. The van der Waals surface area contributed by atoms with Gasteiger partial charge in [0.2, 0.25) is 0 Å². The van der Waals surface area contributed by atoms with Crippen LogP contribution in [-0.4, -0.2) is 52.0 Å². The maximum absolute atomic E-state index is 14.8. The lowest BCUT2D eigenvalue weighted by Gasteiger charge is -2.52. The second kappa shape index (κ2) is 8.11. The van der Waals surface area contributed by atoms with Gasteiger partial charge in [0.25, 0.3) is 0 Å². The average molecular weight is 544 g/mol. The standard InChI is InChI=1S/C33H37NO6/c1-17-15-32-18(2)13-23-25(30(23,3)4)22(26(32)35)14-19-16-38-31(5,6)40-28(19)33(32,37)27(17)39-29(36)21-11-12-34-24-10-8-7-9-20(21)24/h7-12,14-15,18,22-23,25,27-28,37H,13,16H2,1-6H3/t18-,22+,23-,25?,27+,28-,32+,33-/m1/s1. The molecule has 4 aliphatic carbocycles. The third-order valence-corrected chi connectivity index (χ3v) is 10.8. The summed E-state index contributed by atoms with van der Waals surface area (Å²) in [5.41, 5.74) is -0.624. The van der Waals surface area contributed by atoms with E-state index in [2.05, 4.69) is 25.8 Å². The Balaban J connectivity index is 1.38. The molecule has 2 aromatic rings. The molecular formula is C33H37NO6. The number of benzene rings is 1. The van der Waals surface area contributed by atoms with E-state index in [1.54, 1.807) is 12.3 Å². The Morgan fingerprint density at radius 1 is 1.15 bits per heavy atom. The molecule has 1 N–H and O–H groups in total. The second-order valence-corrected chi connectivity index (χ2v) is 13.7. The van der Waals surface area contributed by atoms with Crippen LogP contribution in [-0.2, 0) is 19.0 Å². The number of carbonyl (C=O) groups is 2. The maximum Gasteiger partial charge on any atom is 0.339 e. The van der Waals surface area contributed by atoms with Gasteiger partial charge < -0.3 is 19.3 Å². The van der Waals surface area contributed by atoms with E-state index in [0.29, 0.717) is 28.0 Å². The number of carbonyl (C=O) groups excluding carboxylic acids is 2. The van der Waals surface area contributed by atoms with Crippen molar-refractivity contribution < 1.29 is 28.9 Å². The number of ether oxygens (including phenoxy) is 3. The first kappa shape index (κ1) is 26.1. The first-order chi connectivity index (χ1) is 18.8. The summed E-state index contributed by atoms with van der Waals surface area (Å²) in [4.78, 5) is 33.0. The van der Waals surface area contributed by atoms with Crippen molar-refractivity contribution in [3.8, 4) is 0 Å². The Morgan fingerprint density at radius 2 is 1.90 bits per heavy atom. The minimum absolute atomic E-state index is 0.00357. The highest BCUT2D eigenvalue weighted by Gasteiger charge is 2.77. The molecule has 40 heavy (non-hydrogen) atoms. The number of esters is 1. The molecule has 1 aromatic carbocycles. The number of fused-ring (bicyclic) bond motifs is 6. The topological polar surface area (TPSA) is 95.0 Å². The third-order valence-electron chi connectivity index (χ3n) is 10.8. The summed E-state index contributed by atoms with van der Waals surface area (Å²) in [6, 6.07) is 9.03. The van der Waals surface area contributed by atoms with E-state index in [1.165, 1.54) is 0 Å². The highest BCUT2D eigenvalue weighted by atomic mass is 16.7. The Bertz CT molecular complexity index is 1520. The summed E-state index contributed by atoms with van der Waals surface area (Å²) in [6.07, 6.45) is 4.35. The summed E-state index contributed by atoms with van der Waals surface area (Å²) in [6.45, 7) is 12.3. The number of pyridine rings is 1. The van der Waals surface area contributed by atoms with Crippen LogP contribution in [0.1, 0.15) is 58.3 Å². The predicted molar refractivity (Wildman–Crippen MR) is 148 cm³/mol. The number of para-hydroxylation sites is 1. The number of Topliss-reactive ketones (excluding diaryl/α,β-unsaturated/α-hetero) is 1. The molecule has 2 saturated carbocycles. The molecule has 1 aliphatic heterocycles. The van der Waals surface area contributed by atoms with Gasteiger partial charge in [-0.15, -0.1) is 0 Å². The lowest BCUT2D eigenvalue weighted by atomic mass is 9.59. The molecule has 2 bridgehead atoms. The predicted octanol–water partition coefficient (Wildman–Crippen LogP) is 5.03. The van der Waals surface area contributed by atoms with E-state index in [-0.39, 0.29) is 35.6 Å². The highest BCUT2D eigenvalue weighted by Crippen LogP contribution is 2.72. The minimum Gasteiger partial charge on any atom is -0.451 e. The molecule has 7 nitrogen and oxygen atoms in total. The van der Waals surface area contributed by atoms with E-state index < -0.39 is 35.0 Å². The van der Waals surface area contributed by atoms with Gasteiger partial charge in [0, 0.05) is 17.5 Å². The fourth-order valence-corrected chi connectivity index (χ4v) is 8.74. The van der Waals surface area contributed by atoms with Crippen LogP contribution >= 0.6 is 0 Å². The maximum atomic E-state index is 14.8. The van der Waals surface area contributed by atoms with Crippen LogP contribution in [0.25, 0.3) is 10.9 Å².